The van der Waals surface area contributed by atoms with E-state index in [1.165, 1.54) is 0 Å². The van der Waals surface area contributed by atoms with Crippen molar-refractivity contribution >= 4 is 5.82 Å². The van der Waals surface area contributed by atoms with E-state index < -0.39 is 0 Å². The second-order valence-electron chi connectivity index (χ2n) is 5.26. The maximum absolute atomic E-state index is 9.38. The third-order valence-electron chi connectivity index (χ3n) is 3.77. The quantitative estimate of drug-likeness (QED) is 0.865. The fraction of sp³-hybridized carbons (Fsp3) is 0.312. The first kappa shape index (κ1) is 14.1. The molecule has 2 heterocycles. The van der Waals surface area contributed by atoms with E-state index in [0.29, 0.717) is 17.9 Å². The lowest BCUT2D eigenvalue weighted by atomic mass is 10.1. The molecule has 0 bridgehead atoms. The van der Waals surface area contributed by atoms with E-state index in [2.05, 4.69) is 16.3 Å². The lowest BCUT2D eigenvalue weighted by Gasteiger charge is -2.20. The van der Waals surface area contributed by atoms with Crippen LogP contribution < -0.4 is 14.4 Å². The minimum atomic E-state index is 0.260. The number of rotatable bonds is 3. The zero-order valence-corrected chi connectivity index (χ0v) is 12.8. The van der Waals surface area contributed by atoms with E-state index in [-0.39, 0.29) is 6.79 Å². The number of nitriles is 1. The lowest BCUT2D eigenvalue weighted by molar-refractivity contribution is 0.174. The average molecular weight is 296 g/mol. The smallest absolute Gasteiger partial charge is 0.231 e. The number of ether oxygens (including phenoxy) is 2. The molecule has 6 heteroatoms. The van der Waals surface area contributed by atoms with Crippen molar-refractivity contribution in [1.29, 1.82) is 5.26 Å². The van der Waals surface area contributed by atoms with Crippen molar-refractivity contribution in [1.82, 2.24) is 10.2 Å². The summed E-state index contributed by atoms with van der Waals surface area (Å²) < 4.78 is 10.7. The number of fused-ring (bicyclic) bond motifs is 1. The van der Waals surface area contributed by atoms with Gasteiger partial charge in [-0.25, -0.2) is 0 Å². The van der Waals surface area contributed by atoms with Gasteiger partial charge in [-0.05, 0) is 37.1 Å². The summed E-state index contributed by atoms with van der Waals surface area (Å²) in [4.78, 5) is 1.91. The van der Waals surface area contributed by atoms with Gasteiger partial charge in [0.05, 0.1) is 5.69 Å². The molecule has 2 aromatic rings. The Kier molecular flexibility index (Phi) is 3.55. The van der Waals surface area contributed by atoms with Gasteiger partial charge in [-0.1, -0.05) is 6.07 Å². The maximum Gasteiger partial charge on any atom is 0.231 e. The topological polar surface area (TPSA) is 71.3 Å². The fourth-order valence-electron chi connectivity index (χ4n) is 2.39. The van der Waals surface area contributed by atoms with E-state index >= 15 is 0 Å². The number of aryl methyl sites for hydroxylation is 1. The fourth-order valence-corrected chi connectivity index (χ4v) is 2.39. The Hall–Kier alpha value is -2.81. The molecule has 6 nitrogen and oxygen atoms in total. The Morgan fingerprint density at radius 3 is 2.77 bits per heavy atom. The third-order valence-corrected chi connectivity index (χ3v) is 3.77. The zero-order chi connectivity index (χ0) is 15.7. The van der Waals surface area contributed by atoms with E-state index in [4.69, 9.17) is 9.47 Å². The molecular weight excluding hydrogens is 280 g/mol. The first-order chi connectivity index (χ1) is 10.6. The Morgan fingerprint density at radius 1 is 1.23 bits per heavy atom. The largest absolute Gasteiger partial charge is 0.454 e. The van der Waals surface area contributed by atoms with Gasteiger partial charge in [0.2, 0.25) is 6.79 Å². The number of hydrogen-bond donors (Lipinski definition) is 0. The van der Waals surface area contributed by atoms with E-state index in [1.54, 1.807) is 0 Å². The van der Waals surface area contributed by atoms with Crippen LogP contribution in [-0.2, 0) is 6.54 Å². The Bertz CT molecular complexity index is 767. The van der Waals surface area contributed by atoms with Crippen molar-refractivity contribution in [2.45, 2.75) is 20.4 Å². The molecule has 0 spiro atoms. The van der Waals surface area contributed by atoms with Crippen LogP contribution in [0.3, 0.4) is 0 Å². The molecule has 22 heavy (non-hydrogen) atoms. The second-order valence-corrected chi connectivity index (χ2v) is 5.26. The summed E-state index contributed by atoms with van der Waals surface area (Å²) in [6.07, 6.45) is 0. The van der Waals surface area contributed by atoms with Crippen molar-refractivity contribution in [3.8, 4) is 17.6 Å². The van der Waals surface area contributed by atoms with Gasteiger partial charge >= 0.3 is 0 Å². The zero-order valence-electron chi connectivity index (χ0n) is 12.8. The molecule has 1 aromatic heterocycles. The minimum absolute atomic E-state index is 0.260. The predicted molar refractivity (Wildman–Crippen MR) is 80.9 cm³/mol. The molecule has 0 radical (unpaired) electrons. The molecule has 0 saturated carbocycles. The van der Waals surface area contributed by atoms with Crippen LogP contribution in [0.1, 0.15) is 22.4 Å². The van der Waals surface area contributed by atoms with Gasteiger partial charge in [0.15, 0.2) is 17.3 Å². The number of hydrogen-bond acceptors (Lipinski definition) is 6. The van der Waals surface area contributed by atoms with E-state index in [0.717, 1.165) is 28.3 Å². The molecule has 0 aliphatic carbocycles. The first-order valence-corrected chi connectivity index (χ1v) is 6.94. The van der Waals surface area contributed by atoms with Gasteiger partial charge in [0.25, 0.3) is 0 Å². The highest BCUT2D eigenvalue weighted by molar-refractivity contribution is 5.57. The Labute approximate surface area is 128 Å². The second kappa shape index (κ2) is 5.53. The van der Waals surface area contributed by atoms with Gasteiger partial charge in [0, 0.05) is 13.6 Å². The van der Waals surface area contributed by atoms with Crippen LogP contribution >= 0.6 is 0 Å². The molecule has 0 N–H and O–H groups in total. The predicted octanol–water partition coefficient (Wildman–Crippen LogP) is 2.33. The highest BCUT2D eigenvalue weighted by Crippen LogP contribution is 2.33. The SMILES string of the molecule is Cc1nnc(N(C)Cc2ccc3c(c2)OCO3)c(C#N)c1C. The summed E-state index contributed by atoms with van der Waals surface area (Å²) in [6.45, 7) is 4.60. The van der Waals surface area contributed by atoms with Crippen LogP contribution in [-0.4, -0.2) is 24.0 Å². The van der Waals surface area contributed by atoms with Crippen molar-refractivity contribution < 1.29 is 9.47 Å². The van der Waals surface area contributed by atoms with Crippen LogP contribution in [0.5, 0.6) is 11.5 Å². The molecular formula is C16H16N4O2. The average Bonchev–Trinajstić information content (AvgIpc) is 2.97. The Morgan fingerprint density at radius 2 is 2.00 bits per heavy atom. The number of nitrogens with zero attached hydrogens (tertiary/aromatic N) is 4. The maximum atomic E-state index is 9.38. The normalized spacial score (nSPS) is 12.1. The molecule has 112 valence electrons. The summed E-state index contributed by atoms with van der Waals surface area (Å²) in [6, 6.07) is 8.04. The number of anilines is 1. The number of benzene rings is 1. The summed E-state index contributed by atoms with van der Waals surface area (Å²) in [5, 5.41) is 17.7. The molecule has 1 aliphatic rings. The van der Waals surface area contributed by atoms with Gasteiger partial charge < -0.3 is 14.4 Å². The van der Waals surface area contributed by atoms with Crippen LogP contribution in [0.25, 0.3) is 0 Å². The first-order valence-electron chi connectivity index (χ1n) is 6.94. The molecule has 0 amide bonds. The van der Waals surface area contributed by atoms with Crippen LogP contribution in [0.2, 0.25) is 0 Å². The van der Waals surface area contributed by atoms with Gasteiger partial charge in [-0.3, -0.25) is 0 Å². The monoisotopic (exact) mass is 296 g/mol. The third kappa shape index (κ3) is 2.42. The highest BCUT2D eigenvalue weighted by atomic mass is 16.7. The molecule has 0 fully saturated rings. The van der Waals surface area contributed by atoms with E-state index in [9.17, 15) is 5.26 Å². The van der Waals surface area contributed by atoms with Crippen molar-refractivity contribution in [2.75, 3.05) is 18.7 Å². The van der Waals surface area contributed by atoms with Gasteiger partial charge in [-0.2, -0.15) is 10.4 Å². The van der Waals surface area contributed by atoms with Crippen molar-refractivity contribution in [3.63, 3.8) is 0 Å². The molecule has 1 aromatic carbocycles. The van der Waals surface area contributed by atoms with Crippen molar-refractivity contribution in [3.05, 3.63) is 40.6 Å². The van der Waals surface area contributed by atoms with Crippen LogP contribution in [0.15, 0.2) is 18.2 Å². The molecule has 0 saturated heterocycles. The standard InChI is InChI=1S/C16H16N4O2/c1-10-11(2)18-19-16(13(10)7-17)20(3)8-12-4-5-14-15(6-12)22-9-21-14/h4-6H,8-9H2,1-3H3. The minimum Gasteiger partial charge on any atom is -0.454 e. The summed E-state index contributed by atoms with van der Waals surface area (Å²) in [7, 11) is 1.89. The van der Waals surface area contributed by atoms with Gasteiger partial charge in [-0.15, -0.1) is 5.10 Å². The number of aromatic nitrogens is 2. The van der Waals surface area contributed by atoms with Gasteiger partial charge in [0.1, 0.15) is 11.6 Å². The summed E-state index contributed by atoms with van der Waals surface area (Å²) >= 11 is 0. The van der Waals surface area contributed by atoms with Crippen LogP contribution in [0, 0.1) is 25.2 Å². The van der Waals surface area contributed by atoms with E-state index in [1.807, 2.05) is 44.0 Å². The van der Waals surface area contributed by atoms with Crippen LogP contribution in [0.4, 0.5) is 5.82 Å². The molecule has 0 unspecified atom stereocenters. The molecule has 1 aliphatic heterocycles. The molecule has 0 atom stereocenters. The summed E-state index contributed by atoms with van der Waals surface area (Å²) in [5.41, 5.74) is 3.26. The van der Waals surface area contributed by atoms with Crippen molar-refractivity contribution in [2.24, 2.45) is 0 Å². The highest BCUT2D eigenvalue weighted by Gasteiger charge is 2.17. The summed E-state index contributed by atoms with van der Waals surface area (Å²) in [5.74, 6) is 2.09. The lowest BCUT2D eigenvalue weighted by Crippen LogP contribution is -2.20. The molecule has 3 rings (SSSR count). The Balaban J connectivity index is 1.88.